The number of nitrogens with one attached hydrogen (secondary N) is 1. The lowest BCUT2D eigenvalue weighted by Gasteiger charge is -2.17. The van der Waals surface area contributed by atoms with E-state index in [1.54, 1.807) is 18.2 Å². The normalized spacial score (nSPS) is 13.3. The number of hydrogen-bond donors (Lipinski definition) is 1. The minimum Gasteiger partial charge on any atom is -0.431 e. The van der Waals surface area contributed by atoms with E-state index in [-0.39, 0.29) is 11.5 Å². The van der Waals surface area contributed by atoms with E-state index in [2.05, 4.69) is 5.32 Å². The van der Waals surface area contributed by atoms with Crippen molar-refractivity contribution < 1.29 is 9.21 Å². The van der Waals surface area contributed by atoms with Crippen LogP contribution in [0.15, 0.2) is 57.9 Å². The van der Waals surface area contributed by atoms with E-state index in [1.165, 1.54) is 6.26 Å². The maximum absolute atomic E-state index is 12.2. The van der Waals surface area contributed by atoms with Crippen molar-refractivity contribution in [2.45, 2.75) is 12.8 Å². The van der Waals surface area contributed by atoms with E-state index in [0.29, 0.717) is 29.7 Å². The monoisotopic (exact) mass is 267 g/mol. The summed E-state index contributed by atoms with van der Waals surface area (Å²) in [5.74, 6) is -0.182. The fourth-order valence-electron chi connectivity index (χ4n) is 2.31. The number of amides is 1. The Bertz CT molecular complexity index is 729. The molecule has 0 fully saturated rings. The van der Waals surface area contributed by atoms with Crippen LogP contribution in [0.3, 0.4) is 0 Å². The van der Waals surface area contributed by atoms with Gasteiger partial charge in [0.1, 0.15) is 0 Å². The first-order valence-electron chi connectivity index (χ1n) is 6.43. The molecule has 1 aromatic heterocycles. The number of rotatable bonds is 2. The highest BCUT2D eigenvalue weighted by Gasteiger charge is 2.18. The number of fused-ring (bicyclic) bond motifs is 1. The average molecular weight is 267 g/mol. The third kappa shape index (κ3) is 2.28. The van der Waals surface area contributed by atoms with Gasteiger partial charge in [0.15, 0.2) is 0 Å². The molecule has 0 spiro atoms. The van der Waals surface area contributed by atoms with Crippen LogP contribution in [0.2, 0.25) is 0 Å². The number of allylic oxidation sites excluding steroid dienone is 1. The Labute approximate surface area is 115 Å². The topological polar surface area (TPSA) is 59.3 Å². The molecule has 1 amide bonds. The largest absolute Gasteiger partial charge is 0.431 e. The van der Waals surface area contributed by atoms with Gasteiger partial charge >= 0.3 is 5.63 Å². The van der Waals surface area contributed by atoms with Crippen LogP contribution in [0.25, 0.3) is 5.70 Å². The van der Waals surface area contributed by atoms with Gasteiger partial charge in [-0.15, -0.1) is 0 Å². The summed E-state index contributed by atoms with van der Waals surface area (Å²) in [5, 5.41) is 2.86. The highest BCUT2D eigenvalue weighted by atomic mass is 16.4. The second-order valence-electron chi connectivity index (χ2n) is 4.58. The highest BCUT2D eigenvalue weighted by molar-refractivity contribution is 5.99. The lowest BCUT2D eigenvalue weighted by Crippen LogP contribution is -2.25. The molecule has 100 valence electrons. The van der Waals surface area contributed by atoms with E-state index < -0.39 is 0 Å². The molecule has 1 heterocycles. The van der Waals surface area contributed by atoms with Gasteiger partial charge in [0.2, 0.25) is 0 Å². The maximum atomic E-state index is 12.2. The maximum Gasteiger partial charge on any atom is 0.339 e. The fraction of sp³-hybridized carbons (Fsp3) is 0.125. The predicted molar refractivity (Wildman–Crippen MR) is 75.2 cm³/mol. The van der Waals surface area contributed by atoms with E-state index >= 15 is 0 Å². The smallest absolute Gasteiger partial charge is 0.339 e. The molecule has 3 rings (SSSR count). The van der Waals surface area contributed by atoms with Gasteiger partial charge in [0.05, 0.1) is 6.26 Å². The van der Waals surface area contributed by atoms with Crippen LogP contribution < -0.4 is 10.9 Å². The summed E-state index contributed by atoms with van der Waals surface area (Å²) in [5.41, 5.74) is 2.30. The van der Waals surface area contributed by atoms with Crippen LogP contribution in [0.4, 0.5) is 0 Å². The summed E-state index contributed by atoms with van der Waals surface area (Å²) in [6, 6.07) is 10.7. The molecule has 0 radical (unpaired) electrons. The van der Waals surface area contributed by atoms with Crippen molar-refractivity contribution in [2.75, 3.05) is 0 Å². The summed E-state index contributed by atoms with van der Waals surface area (Å²) >= 11 is 0. The second-order valence-corrected chi connectivity index (χ2v) is 4.58. The molecule has 4 nitrogen and oxygen atoms in total. The molecule has 0 aliphatic heterocycles. The summed E-state index contributed by atoms with van der Waals surface area (Å²) in [4.78, 5) is 23.8. The van der Waals surface area contributed by atoms with Crippen molar-refractivity contribution >= 4 is 11.6 Å². The van der Waals surface area contributed by atoms with Gasteiger partial charge in [-0.2, -0.15) is 0 Å². The van der Waals surface area contributed by atoms with Crippen molar-refractivity contribution in [3.05, 3.63) is 75.8 Å². The summed E-state index contributed by atoms with van der Waals surface area (Å²) in [6.45, 7) is 0. The SMILES string of the molecule is O=C(NC1=CCCc2c1ccoc2=O)c1ccccc1. The zero-order chi connectivity index (χ0) is 13.9. The first kappa shape index (κ1) is 12.4. The number of benzene rings is 1. The van der Waals surface area contributed by atoms with Crippen LogP contribution in [-0.2, 0) is 6.42 Å². The Kier molecular flexibility index (Phi) is 3.21. The molecule has 0 atom stereocenters. The standard InChI is InChI=1S/C16H13NO3/c18-15(11-5-2-1-3-6-11)17-14-8-4-7-13-12(14)9-10-20-16(13)19/h1-3,5-6,8-10H,4,7H2,(H,17,18). The minimum absolute atomic E-state index is 0.182. The third-order valence-electron chi connectivity index (χ3n) is 3.30. The molecular formula is C16H13NO3. The molecule has 1 aliphatic rings. The van der Waals surface area contributed by atoms with Gasteiger partial charge in [-0.1, -0.05) is 24.3 Å². The molecule has 0 unspecified atom stereocenters. The number of carbonyl (C=O) groups is 1. The Balaban J connectivity index is 1.90. The molecule has 4 heteroatoms. The van der Waals surface area contributed by atoms with E-state index in [0.717, 1.165) is 5.56 Å². The summed E-state index contributed by atoms with van der Waals surface area (Å²) in [7, 11) is 0. The van der Waals surface area contributed by atoms with Gasteiger partial charge in [-0.3, -0.25) is 4.79 Å². The molecule has 2 aromatic rings. The van der Waals surface area contributed by atoms with Gasteiger partial charge < -0.3 is 9.73 Å². The van der Waals surface area contributed by atoms with E-state index in [4.69, 9.17) is 4.42 Å². The number of carbonyl (C=O) groups excluding carboxylic acids is 1. The minimum atomic E-state index is -0.331. The lowest BCUT2D eigenvalue weighted by atomic mass is 9.97. The van der Waals surface area contributed by atoms with Crippen LogP contribution in [0.1, 0.15) is 27.9 Å². The second kappa shape index (κ2) is 5.17. The quantitative estimate of drug-likeness (QED) is 0.908. The number of hydrogen-bond acceptors (Lipinski definition) is 3. The first-order valence-corrected chi connectivity index (χ1v) is 6.43. The molecular weight excluding hydrogens is 254 g/mol. The summed E-state index contributed by atoms with van der Waals surface area (Å²) < 4.78 is 4.87. The molecule has 0 saturated heterocycles. The Morgan fingerprint density at radius 1 is 1.15 bits per heavy atom. The van der Waals surface area contributed by atoms with Gasteiger partial charge in [-0.25, -0.2) is 4.79 Å². The molecule has 1 N–H and O–H groups in total. The Hall–Kier alpha value is -2.62. The molecule has 1 aromatic carbocycles. The van der Waals surface area contributed by atoms with Gasteiger partial charge in [-0.05, 0) is 31.0 Å². The fourth-order valence-corrected chi connectivity index (χ4v) is 2.31. The van der Waals surface area contributed by atoms with Crippen molar-refractivity contribution in [3.8, 4) is 0 Å². The van der Waals surface area contributed by atoms with Crippen molar-refractivity contribution in [3.63, 3.8) is 0 Å². The van der Waals surface area contributed by atoms with Crippen molar-refractivity contribution in [1.82, 2.24) is 5.32 Å². The Morgan fingerprint density at radius 2 is 1.95 bits per heavy atom. The van der Waals surface area contributed by atoms with Gasteiger partial charge in [0.25, 0.3) is 5.91 Å². The molecule has 1 aliphatic carbocycles. The zero-order valence-corrected chi connectivity index (χ0v) is 10.8. The van der Waals surface area contributed by atoms with Crippen LogP contribution in [-0.4, -0.2) is 5.91 Å². The first-order chi connectivity index (χ1) is 9.75. The highest BCUT2D eigenvalue weighted by Crippen LogP contribution is 2.22. The Morgan fingerprint density at radius 3 is 2.75 bits per heavy atom. The van der Waals surface area contributed by atoms with Crippen molar-refractivity contribution in [1.29, 1.82) is 0 Å². The van der Waals surface area contributed by atoms with E-state index in [1.807, 2.05) is 24.3 Å². The van der Waals surface area contributed by atoms with Gasteiger partial charge in [0, 0.05) is 22.4 Å². The van der Waals surface area contributed by atoms with Crippen LogP contribution in [0, 0.1) is 0 Å². The third-order valence-corrected chi connectivity index (χ3v) is 3.30. The molecule has 0 saturated carbocycles. The summed E-state index contributed by atoms with van der Waals surface area (Å²) in [6.07, 6.45) is 4.65. The molecule has 20 heavy (non-hydrogen) atoms. The molecule has 0 bridgehead atoms. The average Bonchev–Trinajstić information content (AvgIpc) is 2.49. The predicted octanol–water partition coefficient (Wildman–Crippen LogP) is 2.36. The van der Waals surface area contributed by atoms with Crippen LogP contribution >= 0.6 is 0 Å². The lowest BCUT2D eigenvalue weighted by molar-refractivity contribution is 0.0973. The van der Waals surface area contributed by atoms with Crippen LogP contribution in [0.5, 0.6) is 0 Å². The van der Waals surface area contributed by atoms with Crippen molar-refractivity contribution in [2.24, 2.45) is 0 Å². The zero-order valence-electron chi connectivity index (χ0n) is 10.8. The van der Waals surface area contributed by atoms with E-state index in [9.17, 15) is 9.59 Å².